The third kappa shape index (κ3) is 13.4. The van der Waals surface area contributed by atoms with Gasteiger partial charge in [0.2, 0.25) is 6.29 Å². The summed E-state index contributed by atoms with van der Waals surface area (Å²) in [5.41, 5.74) is 0. The fourth-order valence-corrected chi connectivity index (χ4v) is 2.21. The minimum atomic E-state index is -1.59. The number of aliphatic hydroxyl groups is 3. The average molecular weight is 334 g/mol. The molecule has 0 aromatic heterocycles. The van der Waals surface area contributed by atoms with E-state index in [2.05, 4.69) is 6.92 Å². The van der Waals surface area contributed by atoms with Gasteiger partial charge in [0, 0.05) is 0 Å². The van der Waals surface area contributed by atoms with Gasteiger partial charge in [-0.25, -0.2) is 4.79 Å². The van der Waals surface area contributed by atoms with Crippen LogP contribution in [0.15, 0.2) is 0 Å². The summed E-state index contributed by atoms with van der Waals surface area (Å²) >= 11 is 0. The molecule has 0 amide bonds. The van der Waals surface area contributed by atoms with Crippen molar-refractivity contribution >= 4 is 5.97 Å². The van der Waals surface area contributed by atoms with Gasteiger partial charge in [-0.3, -0.25) is 0 Å². The number of hydrogen-bond donors (Lipinski definition) is 3. The molecule has 0 aliphatic heterocycles. The maximum atomic E-state index is 11.2. The largest absolute Gasteiger partial charge is 0.431 e. The van der Waals surface area contributed by atoms with E-state index in [9.17, 15) is 4.79 Å². The molecular formula is C17H34O6. The van der Waals surface area contributed by atoms with E-state index in [0.29, 0.717) is 6.61 Å². The van der Waals surface area contributed by atoms with Gasteiger partial charge in [-0.2, -0.15) is 0 Å². The predicted octanol–water partition coefficient (Wildman–Crippen LogP) is 2.14. The van der Waals surface area contributed by atoms with E-state index < -0.39 is 31.6 Å². The van der Waals surface area contributed by atoms with Crippen molar-refractivity contribution in [2.45, 2.75) is 83.5 Å². The fraction of sp³-hybridized carbons (Fsp3) is 0.941. The van der Waals surface area contributed by atoms with E-state index in [1.165, 1.54) is 44.9 Å². The number of carbonyl (C=O) groups is 1. The van der Waals surface area contributed by atoms with Gasteiger partial charge in [-0.05, 0) is 6.42 Å². The van der Waals surface area contributed by atoms with Crippen molar-refractivity contribution in [1.82, 2.24) is 0 Å². The maximum absolute atomic E-state index is 11.2. The molecule has 0 rings (SSSR count). The number of rotatable bonds is 16. The Morgan fingerprint density at radius 1 is 0.870 bits per heavy atom. The highest BCUT2D eigenvalue weighted by Crippen LogP contribution is 2.10. The first-order valence-electron chi connectivity index (χ1n) is 8.87. The second kappa shape index (κ2) is 16.2. The van der Waals surface area contributed by atoms with Crippen LogP contribution in [0.1, 0.15) is 71.1 Å². The number of carbonyl (C=O) groups excluding carboxylic acids is 1. The first kappa shape index (κ1) is 22.3. The summed E-state index contributed by atoms with van der Waals surface area (Å²) in [5, 5.41) is 26.7. The van der Waals surface area contributed by atoms with Crippen molar-refractivity contribution in [1.29, 1.82) is 0 Å². The minimum absolute atomic E-state index is 0.393. The van der Waals surface area contributed by atoms with Crippen LogP contribution in [0.5, 0.6) is 0 Å². The zero-order valence-electron chi connectivity index (χ0n) is 14.4. The van der Waals surface area contributed by atoms with Crippen LogP contribution < -0.4 is 0 Å². The van der Waals surface area contributed by atoms with Gasteiger partial charge < -0.3 is 24.8 Å². The van der Waals surface area contributed by atoms with Gasteiger partial charge >= 0.3 is 5.97 Å². The van der Waals surface area contributed by atoms with Crippen molar-refractivity contribution in [3.63, 3.8) is 0 Å². The molecule has 138 valence electrons. The number of hydrogen-bond acceptors (Lipinski definition) is 6. The summed E-state index contributed by atoms with van der Waals surface area (Å²) in [5.74, 6) is -0.991. The SMILES string of the molecule is CCCCCCCCCCCCOC(CO)OC(=O)C(O)CO. The number of unbranched alkanes of at least 4 members (excludes halogenated alkanes) is 9. The highest BCUT2D eigenvalue weighted by atomic mass is 16.7. The molecule has 0 aliphatic rings. The zero-order valence-corrected chi connectivity index (χ0v) is 14.4. The fourth-order valence-electron chi connectivity index (χ4n) is 2.21. The minimum Gasteiger partial charge on any atom is -0.431 e. The lowest BCUT2D eigenvalue weighted by molar-refractivity contribution is -0.196. The van der Waals surface area contributed by atoms with Crippen molar-refractivity contribution in [2.75, 3.05) is 19.8 Å². The van der Waals surface area contributed by atoms with E-state index in [-0.39, 0.29) is 0 Å². The molecule has 23 heavy (non-hydrogen) atoms. The first-order valence-corrected chi connectivity index (χ1v) is 8.87. The second-order valence-corrected chi connectivity index (χ2v) is 5.80. The van der Waals surface area contributed by atoms with Crippen LogP contribution in [0.4, 0.5) is 0 Å². The zero-order chi connectivity index (χ0) is 17.3. The molecule has 0 spiro atoms. The molecule has 0 fully saturated rings. The lowest BCUT2D eigenvalue weighted by Crippen LogP contribution is -2.33. The van der Waals surface area contributed by atoms with Crippen molar-refractivity contribution in [2.24, 2.45) is 0 Å². The lowest BCUT2D eigenvalue weighted by Gasteiger charge is -2.17. The van der Waals surface area contributed by atoms with Gasteiger partial charge in [0.25, 0.3) is 0 Å². The lowest BCUT2D eigenvalue weighted by atomic mass is 10.1. The molecule has 6 heteroatoms. The third-order valence-electron chi connectivity index (χ3n) is 3.64. The predicted molar refractivity (Wildman–Crippen MR) is 87.9 cm³/mol. The van der Waals surface area contributed by atoms with Crippen molar-refractivity contribution in [3.8, 4) is 0 Å². The summed E-state index contributed by atoms with van der Waals surface area (Å²) in [4.78, 5) is 11.2. The van der Waals surface area contributed by atoms with Crippen LogP contribution in [0, 0.1) is 0 Å². The van der Waals surface area contributed by atoms with Crippen LogP contribution in [0.3, 0.4) is 0 Å². The monoisotopic (exact) mass is 334 g/mol. The standard InChI is InChI=1S/C17H34O6/c1-2-3-4-5-6-7-8-9-10-11-12-22-16(14-19)23-17(21)15(20)13-18/h15-16,18-20H,2-14H2,1H3. The Morgan fingerprint density at radius 2 is 1.39 bits per heavy atom. The number of esters is 1. The maximum Gasteiger partial charge on any atom is 0.339 e. The molecule has 0 radical (unpaired) electrons. The Bertz CT molecular complexity index is 272. The van der Waals surface area contributed by atoms with Gasteiger partial charge in [0.15, 0.2) is 6.10 Å². The average Bonchev–Trinajstić information content (AvgIpc) is 2.57. The summed E-state index contributed by atoms with van der Waals surface area (Å²) in [6.45, 7) is 1.43. The molecule has 3 N–H and O–H groups in total. The molecule has 0 saturated carbocycles. The quantitative estimate of drug-likeness (QED) is 0.227. The number of ether oxygens (including phenoxy) is 2. The van der Waals surface area contributed by atoms with E-state index >= 15 is 0 Å². The molecule has 0 saturated heterocycles. The molecule has 0 bridgehead atoms. The van der Waals surface area contributed by atoms with E-state index in [1.54, 1.807) is 0 Å². The van der Waals surface area contributed by atoms with Crippen LogP contribution in [-0.4, -0.2) is 53.5 Å². The Balaban J connectivity index is 3.46. The second-order valence-electron chi connectivity index (χ2n) is 5.80. The normalized spacial score (nSPS) is 13.7. The van der Waals surface area contributed by atoms with Crippen LogP contribution >= 0.6 is 0 Å². The van der Waals surface area contributed by atoms with Crippen LogP contribution in [-0.2, 0) is 14.3 Å². The number of aliphatic hydroxyl groups excluding tert-OH is 3. The molecule has 0 aliphatic carbocycles. The summed E-state index contributed by atoms with van der Waals surface area (Å²) < 4.78 is 9.97. The summed E-state index contributed by atoms with van der Waals surface area (Å²) in [6.07, 6.45) is 9.48. The van der Waals surface area contributed by atoms with E-state index in [1.807, 2.05) is 0 Å². The Hall–Kier alpha value is -0.690. The molecular weight excluding hydrogens is 300 g/mol. The van der Waals surface area contributed by atoms with Gasteiger partial charge in [-0.1, -0.05) is 64.7 Å². The highest BCUT2D eigenvalue weighted by molar-refractivity contribution is 5.74. The molecule has 6 nitrogen and oxygen atoms in total. The molecule has 2 unspecified atom stereocenters. The van der Waals surface area contributed by atoms with Crippen LogP contribution in [0.25, 0.3) is 0 Å². The summed E-state index contributed by atoms with van der Waals surface area (Å²) in [6, 6.07) is 0. The molecule has 0 aromatic carbocycles. The summed E-state index contributed by atoms with van der Waals surface area (Å²) in [7, 11) is 0. The topological polar surface area (TPSA) is 96.2 Å². The van der Waals surface area contributed by atoms with Crippen molar-refractivity contribution < 1.29 is 29.6 Å². The Labute approximate surface area is 139 Å². The molecule has 0 heterocycles. The van der Waals surface area contributed by atoms with Gasteiger partial charge in [0.05, 0.1) is 13.2 Å². The van der Waals surface area contributed by atoms with Crippen LogP contribution in [0.2, 0.25) is 0 Å². The third-order valence-corrected chi connectivity index (χ3v) is 3.64. The van der Waals surface area contributed by atoms with Crippen molar-refractivity contribution in [3.05, 3.63) is 0 Å². The van der Waals surface area contributed by atoms with Gasteiger partial charge in [-0.15, -0.1) is 0 Å². The highest BCUT2D eigenvalue weighted by Gasteiger charge is 2.20. The smallest absolute Gasteiger partial charge is 0.339 e. The molecule has 0 aromatic rings. The van der Waals surface area contributed by atoms with E-state index in [0.717, 1.165) is 19.3 Å². The molecule has 2 atom stereocenters. The van der Waals surface area contributed by atoms with Gasteiger partial charge in [0.1, 0.15) is 6.61 Å². The first-order chi connectivity index (χ1) is 11.2. The Morgan fingerprint density at radius 3 is 1.87 bits per heavy atom. The Kier molecular flexibility index (Phi) is 15.7. The van der Waals surface area contributed by atoms with E-state index in [4.69, 9.17) is 24.8 Å².